The van der Waals surface area contributed by atoms with Gasteiger partial charge in [-0.05, 0) is 19.0 Å². The molecule has 4 heteroatoms. The minimum atomic E-state index is -0.0606. The van der Waals surface area contributed by atoms with E-state index < -0.39 is 0 Å². The van der Waals surface area contributed by atoms with Crippen LogP contribution in [0.25, 0.3) is 0 Å². The monoisotopic (exact) mass is 248 g/mol. The molecule has 0 bridgehead atoms. The SMILES string of the molecule is CCCCOCPCCC(=O)OCCCC. The van der Waals surface area contributed by atoms with Crippen LogP contribution in [0.1, 0.15) is 46.0 Å². The number of ether oxygens (including phenoxy) is 2. The van der Waals surface area contributed by atoms with E-state index in [9.17, 15) is 4.79 Å². The highest BCUT2D eigenvalue weighted by molar-refractivity contribution is 7.37. The largest absolute Gasteiger partial charge is 0.466 e. The molecular formula is C12H25O3P. The number of hydrogen-bond acceptors (Lipinski definition) is 3. The highest BCUT2D eigenvalue weighted by Gasteiger charge is 2.01. The molecular weight excluding hydrogens is 223 g/mol. The Morgan fingerprint density at radius 2 is 1.81 bits per heavy atom. The van der Waals surface area contributed by atoms with Gasteiger partial charge in [0, 0.05) is 13.0 Å². The molecule has 96 valence electrons. The van der Waals surface area contributed by atoms with Gasteiger partial charge < -0.3 is 9.47 Å². The van der Waals surface area contributed by atoms with Gasteiger partial charge in [0.25, 0.3) is 0 Å². The molecule has 0 saturated heterocycles. The lowest BCUT2D eigenvalue weighted by Gasteiger charge is -2.04. The maximum Gasteiger partial charge on any atom is 0.306 e. The molecule has 0 aliphatic rings. The van der Waals surface area contributed by atoms with Crippen LogP contribution in [-0.4, -0.2) is 31.7 Å². The Kier molecular flexibility index (Phi) is 12.8. The molecule has 0 radical (unpaired) electrons. The van der Waals surface area contributed by atoms with Crippen molar-refractivity contribution in [1.29, 1.82) is 0 Å². The molecule has 0 aromatic rings. The molecule has 0 spiro atoms. The van der Waals surface area contributed by atoms with Gasteiger partial charge in [0.1, 0.15) is 0 Å². The molecule has 1 atom stereocenters. The van der Waals surface area contributed by atoms with Crippen molar-refractivity contribution in [3.63, 3.8) is 0 Å². The molecule has 0 aromatic heterocycles. The number of carbonyl (C=O) groups excluding carboxylic acids is 1. The minimum Gasteiger partial charge on any atom is -0.466 e. The summed E-state index contributed by atoms with van der Waals surface area (Å²) < 4.78 is 10.5. The van der Waals surface area contributed by atoms with E-state index in [1.807, 2.05) is 0 Å². The third kappa shape index (κ3) is 11.9. The van der Waals surface area contributed by atoms with Crippen molar-refractivity contribution in [3.05, 3.63) is 0 Å². The molecule has 0 fully saturated rings. The van der Waals surface area contributed by atoms with Crippen LogP contribution >= 0.6 is 8.58 Å². The van der Waals surface area contributed by atoms with Gasteiger partial charge >= 0.3 is 5.97 Å². The van der Waals surface area contributed by atoms with Crippen LogP contribution in [0.4, 0.5) is 0 Å². The number of esters is 1. The third-order valence-corrected chi connectivity index (χ3v) is 3.12. The molecule has 3 nitrogen and oxygen atoms in total. The molecule has 0 aromatic carbocycles. The molecule has 0 heterocycles. The molecule has 0 saturated carbocycles. The van der Waals surface area contributed by atoms with Crippen molar-refractivity contribution >= 4 is 14.6 Å². The second-order valence-electron chi connectivity index (χ2n) is 3.73. The lowest BCUT2D eigenvalue weighted by Crippen LogP contribution is -2.06. The van der Waals surface area contributed by atoms with Gasteiger partial charge in [-0.1, -0.05) is 35.3 Å². The van der Waals surface area contributed by atoms with E-state index in [0.717, 1.165) is 47.0 Å². The van der Waals surface area contributed by atoms with Crippen molar-refractivity contribution in [2.75, 3.05) is 25.7 Å². The Balaban J connectivity index is 3.09. The Bertz CT molecular complexity index is 162. The fraction of sp³-hybridized carbons (Fsp3) is 0.917. The van der Waals surface area contributed by atoms with Crippen LogP contribution in [0.15, 0.2) is 0 Å². The Labute approximate surface area is 101 Å². The second kappa shape index (κ2) is 12.9. The average Bonchev–Trinajstić information content (AvgIpc) is 2.28. The molecule has 0 amide bonds. The summed E-state index contributed by atoms with van der Waals surface area (Å²) >= 11 is 0. The zero-order valence-corrected chi connectivity index (χ0v) is 11.6. The first-order valence-electron chi connectivity index (χ1n) is 6.25. The Morgan fingerprint density at radius 3 is 2.50 bits per heavy atom. The summed E-state index contributed by atoms with van der Waals surface area (Å²) in [5, 5.41) is 0. The molecule has 0 aliphatic carbocycles. The van der Waals surface area contributed by atoms with Crippen molar-refractivity contribution in [2.24, 2.45) is 0 Å². The standard InChI is InChI=1S/C12H25O3P/c1-3-5-8-14-11-16-10-7-12(13)15-9-6-4-2/h16H,3-11H2,1-2H3. The van der Waals surface area contributed by atoms with Crippen LogP contribution in [-0.2, 0) is 14.3 Å². The summed E-state index contributed by atoms with van der Waals surface area (Å²) in [5.74, 6) is -0.0606. The second-order valence-corrected chi connectivity index (χ2v) is 5.02. The topological polar surface area (TPSA) is 35.5 Å². The summed E-state index contributed by atoms with van der Waals surface area (Å²) in [6.45, 7) is 5.66. The minimum absolute atomic E-state index is 0.0606. The van der Waals surface area contributed by atoms with Crippen LogP contribution in [0.3, 0.4) is 0 Å². The molecule has 0 N–H and O–H groups in total. The van der Waals surface area contributed by atoms with Crippen molar-refractivity contribution in [2.45, 2.75) is 46.0 Å². The number of carbonyl (C=O) groups is 1. The van der Waals surface area contributed by atoms with Gasteiger partial charge in [-0.2, -0.15) is 0 Å². The third-order valence-electron chi connectivity index (χ3n) is 2.11. The first-order chi connectivity index (χ1) is 7.81. The van der Waals surface area contributed by atoms with Crippen molar-refractivity contribution < 1.29 is 14.3 Å². The Hall–Kier alpha value is -0.140. The number of rotatable bonds is 11. The maximum absolute atomic E-state index is 11.2. The van der Waals surface area contributed by atoms with Crippen LogP contribution in [0.2, 0.25) is 0 Å². The van der Waals surface area contributed by atoms with Crippen molar-refractivity contribution in [1.82, 2.24) is 0 Å². The number of unbranched alkanes of at least 4 members (excludes halogenated alkanes) is 2. The lowest BCUT2D eigenvalue weighted by atomic mass is 10.4. The van der Waals surface area contributed by atoms with Gasteiger partial charge in [0.2, 0.25) is 0 Å². The summed E-state index contributed by atoms with van der Waals surface area (Å²) in [4.78, 5) is 11.2. The van der Waals surface area contributed by atoms with E-state index in [4.69, 9.17) is 9.47 Å². The normalized spacial score (nSPS) is 11.1. The summed E-state index contributed by atoms with van der Waals surface area (Å²) in [6, 6.07) is 0. The first-order valence-corrected chi connectivity index (χ1v) is 7.66. The van der Waals surface area contributed by atoms with Gasteiger partial charge in [0.15, 0.2) is 0 Å². The smallest absolute Gasteiger partial charge is 0.306 e. The van der Waals surface area contributed by atoms with Gasteiger partial charge in [-0.25, -0.2) is 0 Å². The van der Waals surface area contributed by atoms with E-state index in [-0.39, 0.29) is 5.97 Å². The highest BCUT2D eigenvalue weighted by Crippen LogP contribution is 2.12. The molecule has 0 rings (SSSR count). The van der Waals surface area contributed by atoms with Crippen LogP contribution in [0.5, 0.6) is 0 Å². The lowest BCUT2D eigenvalue weighted by molar-refractivity contribution is -0.143. The zero-order chi connectivity index (χ0) is 12.1. The molecule has 16 heavy (non-hydrogen) atoms. The van der Waals surface area contributed by atoms with Gasteiger partial charge in [-0.15, -0.1) is 0 Å². The van der Waals surface area contributed by atoms with Crippen LogP contribution < -0.4 is 0 Å². The van der Waals surface area contributed by atoms with E-state index in [0.29, 0.717) is 13.0 Å². The summed E-state index contributed by atoms with van der Waals surface area (Å²) in [6.07, 6.45) is 6.57. The zero-order valence-electron chi connectivity index (χ0n) is 10.6. The molecule has 1 unspecified atom stereocenters. The summed E-state index contributed by atoms with van der Waals surface area (Å²) in [7, 11) is 0.719. The number of hydrogen-bond donors (Lipinski definition) is 0. The maximum atomic E-state index is 11.2. The van der Waals surface area contributed by atoms with Gasteiger partial charge in [0.05, 0.1) is 13.0 Å². The predicted octanol–water partition coefficient (Wildman–Crippen LogP) is 3.17. The van der Waals surface area contributed by atoms with E-state index in [1.165, 1.54) is 6.42 Å². The fourth-order valence-corrected chi connectivity index (χ4v) is 1.87. The molecule has 0 aliphatic heterocycles. The Morgan fingerprint density at radius 1 is 1.12 bits per heavy atom. The summed E-state index contributed by atoms with van der Waals surface area (Å²) in [5.41, 5.74) is 0. The fourth-order valence-electron chi connectivity index (χ4n) is 1.06. The van der Waals surface area contributed by atoms with E-state index in [2.05, 4.69) is 13.8 Å². The van der Waals surface area contributed by atoms with E-state index in [1.54, 1.807) is 0 Å². The van der Waals surface area contributed by atoms with Crippen molar-refractivity contribution in [3.8, 4) is 0 Å². The van der Waals surface area contributed by atoms with Gasteiger partial charge in [-0.3, -0.25) is 4.79 Å². The predicted molar refractivity (Wildman–Crippen MR) is 69.4 cm³/mol. The highest BCUT2D eigenvalue weighted by atomic mass is 31.1. The quantitative estimate of drug-likeness (QED) is 0.320. The van der Waals surface area contributed by atoms with E-state index >= 15 is 0 Å². The first kappa shape index (κ1) is 15.9. The average molecular weight is 248 g/mol. The van der Waals surface area contributed by atoms with Crippen LogP contribution in [0, 0.1) is 0 Å².